The van der Waals surface area contributed by atoms with Gasteiger partial charge >= 0.3 is 23.7 Å². The van der Waals surface area contributed by atoms with Crippen LogP contribution in [0.15, 0.2) is 67.3 Å². The number of nitrogens with one attached hydrogen (secondary N) is 1. The van der Waals surface area contributed by atoms with E-state index in [1.807, 2.05) is 46.6 Å². The number of benzene rings is 2. The molecular formula is C37H38Br2N6O6. The first kappa shape index (κ1) is 37.8. The van der Waals surface area contributed by atoms with Crippen molar-refractivity contribution in [2.24, 2.45) is 18.9 Å². The van der Waals surface area contributed by atoms with E-state index in [2.05, 4.69) is 72.8 Å². The summed E-state index contributed by atoms with van der Waals surface area (Å²) in [5.41, 5.74) is 5.70. The minimum Gasteiger partial charge on any atom is -0.304 e. The molecule has 266 valence electrons. The molecule has 2 aromatic carbocycles. The molecule has 2 aliphatic rings. The number of rotatable bonds is 2. The Morgan fingerprint density at radius 2 is 1.14 bits per heavy atom. The molecule has 1 N–H and O–H groups in total. The zero-order valence-corrected chi connectivity index (χ0v) is 31.7. The first-order valence-corrected chi connectivity index (χ1v) is 18.4. The van der Waals surface area contributed by atoms with Gasteiger partial charge in [0.25, 0.3) is 0 Å². The number of carbonyl (C=O) groups excluding carboxylic acids is 4. The van der Waals surface area contributed by atoms with E-state index in [0.717, 1.165) is 90.3 Å². The fourth-order valence-corrected chi connectivity index (χ4v) is 8.19. The van der Waals surface area contributed by atoms with Gasteiger partial charge in [-0.25, -0.2) is 9.59 Å². The van der Waals surface area contributed by atoms with Crippen LogP contribution < -0.4 is 11.4 Å². The van der Waals surface area contributed by atoms with Crippen molar-refractivity contribution in [1.82, 2.24) is 28.7 Å². The lowest BCUT2D eigenvalue weighted by Crippen LogP contribution is -2.28. The average molecular weight is 823 g/mol. The molecule has 0 bridgehead atoms. The third-order valence-corrected chi connectivity index (χ3v) is 11.1. The van der Waals surface area contributed by atoms with Crippen molar-refractivity contribution >= 4 is 88.0 Å². The summed E-state index contributed by atoms with van der Waals surface area (Å²) in [5, 5.41) is 2.08. The van der Waals surface area contributed by atoms with Crippen LogP contribution in [0.2, 0.25) is 0 Å². The third kappa shape index (κ3) is 8.05. The van der Waals surface area contributed by atoms with Crippen LogP contribution in [0.4, 0.5) is 0 Å². The summed E-state index contributed by atoms with van der Waals surface area (Å²) < 4.78 is 7.75. The van der Waals surface area contributed by atoms with E-state index in [9.17, 15) is 9.59 Å². The van der Waals surface area contributed by atoms with Crippen molar-refractivity contribution in [2.45, 2.75) is 77.3 Å². The molecule has 0 saturated heterocycles. The minimum atomic E-state index is -0.0103. The molecule has 0 radical (unpaired) electrons. The number of hydrogen-bond donors (Lipinski definition) is 1. The van der Waals surface area contributed by atoms with Crippen molar-refractivity contribution in [2.75, 3.05) is 0 Å². The number of pyridine rings is 2. The number of aryl methyl sites for hydroxylation is 1. The lowest BCUT2D eigenvalue weighted by atomic mass is 9.87. The van der Waals surface area contributed by atoms with Gasteiger partial charge in [0.05, 0.1) is 45.5 Å². The van der Waals surface area contributed by atoms with Crippen LogP contribution in [-0.4, -0.2) is 41.0 Å². The topological polar surface area (TPSA) is 159 Å². The Kier molecular flexibility index (Phi) is 12.4. The predicted molar refractivity (Wildman–Crippen MR) is 199 cm³/mol. The highest BCUT2D eigenvalue weighted by atomic mass is 79.9. The van der Waals surface area contributed by atoms with Gasteiger partial charge in [-0.3, -0.25) is 23.7 Å². The van der Waals surface area contributed by atoms with Crippen LogP contribution in [0.1, 0.15) is 77.3 Å². The normalized spacial score (nSPS) is 19.9. The molecule has 12 nitrogen and oxygen atoms in total. The quantitative estimate of drug-likeness (QED) is 0.187. The Morgan fingerprint density at radius 1 is 0.686 bits per heavy atom. The number of H-pyrrole nitrogens is 1. The molecule has 14 heteroatoms. The maximum atomic E-state index is 12.9. The third-order valence-electron chi connectivity index (χ3n) is 10.1. The molecule has 2 fully saturated rings. The number of fused-ring (bicyclic) bond motifs is 6. The van der Waals surface area contributed by atoms with E-state index in [-0.39, 0.29) is 23.7 Å². The Hall–Kier alpha value is -4.48. The smallest absolute Gasteiger partial charge is 0.304 e. The van der Waals surface area contributed by atoms with E-state index in [1.165, 1.54) is 25.7 Å². The molecule has 6 aromatic rings. The van der Waals surface area contributed by atoms with Gasteiger partial charge in [-0.2, -0.15) is 19.2 Å². The lowest BCUT2D eigenvalue weighted by Gasteiger charge is -2.27. The number of nitrogens with zero attached hydrogens (tertiary/aromatic N) is 5. The van der Waals surface area contributed by atoms with Gasteiger partial charge in [0.15, 0.2) is 0 Å². The van der Waals surface area contributed by atoms with Crippen LogP contribution in [0, 0.1) is 11.8 Å². The van der Waals surface area contributed by atoms with E-state index in [0.29, 0.717) is 12.1 Å². The Morgan fingerprint density at radius 3 is 1.65 bits per heavy atom. The van der Waals surface area contributed by atoms with Crippen LogP contribution in [0.25, 0.3) is 43.9 Å². The van der Waals surface area contributed by atoms with Gasteiger partial charge in [-0.1, -0.05) is 45.7 Å². The van der Waals surface area contributed by atoms with Gasteiger partial charge in [0, 0.05) is 38.8 Å². The van der Waals surface area contributed by atoms with E-state index >= 15 is 0 Å². The largest absolute Gasteiger partial charge is 0.373 e. The molecule has 51 heavy (non-hydrogen) atoms. The van der Waals surface area contributed by atoms with Crippen molar-refractivity contribution in [1.29, 1.82) is 0 Å². The fraction of sp³-hybridized carbons (Fsp3) is 0.405. The molecule has 2 saturated carbocycles. The molecule has 0 amide bonds. The molecule has 0 spiro atoms. The number of aromatic amines is 1. The molecule has 8 rings (SSSR count). The second kappa shape index (κ2) is 16.7. The van der Waals surface area contributed by atoms with Crippen molar-refractivity contribution in [3.05, 3.63) is 78.7 Å². The second-order valence-corrected chi connectivity index (χ2v) is 15.2. The van der Waals surface area contributed by atoms with E-state index in [1.54, 1.807) is 10.8 Å². The van der Waals surface area contributed by atoms with Gasteiger partial charge in [-0.05, 0) is 99.6 Å². The summed E-state index contributed by atoms with van der Waals surface area (Å²) in [5.74, 6) is 1.54. The molecule has 2 aliphatic carbocycles. The van der Waals surface area contributed by atoms with Gasteiger partial charge in [0.1, 0.15) is 0 Å². The monoisotopic (exact) mass is 820 g/mol. The van der Waals surface area contributed by atoms with Crippen molar-refractivity contribution in [3.63, 3.8) is 0 Å². The summed E-state index contributed by atoms with van der Waals surface area (Å²) >= 11 is 7.08. The number of halogens is 2. The summed E-state index contributed by atoms with van der Waals surface area (Å²) in [7, 11) is 1.85. The van der Waals surface area contributed by atoms with Gasteiger partial charge in [0.2, 0.25) is 0 Å². The summed E-state index contributed by atoms with van der Waals surface area (Å²) in [6, 6.07) is 12.7. The fourth-order valence-electron chi connectivity index (χ4n) is 7.47. The Bertz CT molecular complexity index is 2350. The second-order valence-electron chi connectivity index (χ2n) is 13.3. The molecule has 0 unspecified atom stereocenters. The molecule has 0 atom stereocenters. The van der Waals surface area contributed by atoms with Crippen LogP contribution in [-0.2, 0) is 26.2 Å². The zero-order valence-electron chi connectivity index (χ0n) is 28.5. The lowest BCUT2D eigenvalue weighted by molar-refractivity contribution is -0.193. The summed E-state index contributed by atoms with van der Waals surface area (Å²) in [6.45, 7) is 4.60. The highest BCUT2D eigenvalue weighted by molar-refractivity contribution is 9.10. The van der Waals surface area contributed by atoms with Crippen LogP contribution in [0.5, 0.6) is 0 Å². The highest BCUT2D eigenvalue weighted by Gasteiger charge is 2.26. The summed E-state index contributed by atoms with van der Waals surface area (Å²) in [4.78, 5) is 69.9. The Balaban J connectivity index is 0.000000172. The molecule has 0 aliphatic heterocycles. The SMILES string of the molecule is CC1CCC(n2c(=O)[nH]c3cnc4ccc(Br)cc4c32)CC1.CC1CCC(n2c(=O)n(C)c3cnc4ccc(Br)cc4c32)CC1.O=C=O.O=C=O. The number of aromatic nitrogens is 6. The number of hydrogen-bond acceptors (Lipinski definition) is 8. The Labute approximate surface area is 309 Å². The molecule has 4 heterocycles. The maximum Gasteiger partial charge on any atom is 0.373 e. The van der Waals surface area contributed by atoms with Gasteiger partial charge in [-0.15, -0.1) is 0 Å². The van der Waals surface area contributed by atoms with E-state index in [4.69, 9.17) is 19.2 Å². The van der Waals surface area contributed by atoms with Crippen LogP contribution in [0.3, 0.4) is 0 Å². The van der Waals surface area contributed by atoms with Crippen LogP contribution >= 0.6 is 31.9 Å². The molecular weight excluding hydrogens is 784 g/mol. The number of imidazole rings is 2. The van der Waals surface area contributed by atoms with Crippen molar-refractivity contribution < 1.29 is 19.2 Å². The first-order chi connectivity index (χ1) is 24.5. The summed E-state index contributed by atoms with van der Waals surface area (Å²) in [6.07, 6.45) is 13.2. The predicted octanol–water partition coefficient (Wildman–Crippen LogP) is 7.63. The van der Waals surface area contributed by atoms with Gasteiger partial charge < -0.3 is 4.98 Å². The average Bonchev–Trinajstić information content (AvgIpc) is 3.59. The standard InChI is InChI=1S/C18H20BrN3O.C17H18BrN3O.2CO2/c1-11-3-6-13(7-4-11)22-17-14-9-12(19)5-8-15(14)20-10-16(17)21(2)18(22)23;1-10-2-5-12(6-3-10)21-16-13-8-11(18)4-7-14(13)19-9-15(16)20-17(21)22;2*2-1-3/h5,8-11,13H,3-4,6-7H2,1-2H3;4,7-10,12H,2-3,5-6H2,1H3,(H,20,22);;. The zero-order chi connectivity index (χ0) is 36.8. The molecule has 4 aromatic heterocycles. The highest BCUT2D eigenvalue weighted by Crippen LogP contribution is 2.36. The first-order valence-electron chi connectivity index (χ1n) is 16.8. The maximum absolute atomic E-state index is 12.9. The van der Waals surface area contributed by atoms with Crippen molar-refractivity contribution in [3.8, 4) is 0 Å². The van der Waals surface area contributed by atoms with E-state index < -0.39 is 0 Å². The minimum absolute atomic E-state index is 0.0103.